The Balaban J connectivity index is 1.64. The van der Waals surface area contributed by atoms with Gasteiger partial charge in [0.15, 0.2) is 0 Å². The number of aromatic nitrogens is 3. The van der Waals surface area contributed by atoms with Gasteiger partial charge in [0.05, 0.1) is 12.0 Å². The van der Waals surface area contributed by atoms with Crippen LogP contribution in [0.25, 0.3) is 10.2 Å². The van der Waals surface area contributed by atoms with Crippen LogP contribution in [0.5, 0.6) is 0 Å². The molecule has 0 atom stereocenters. The third-order valence-electron chi connectivity index (χ3n) is 4.90. The van der Waals surface area contributed by atoms with Crippen molar-refractivity contribution in [1.82, 2.24) is 15.0 Å². The van der Waals surface area contributed by atoms with Gasteiger partial charge in [0.2, 0.25) is 0 Å². The Bertz CT molecular complexity index is 997. The Morgan fingerprint density at radius 1 is 1.14 bits per heavy atom. The number of rotatable bonds is 4. The van der Waals surface area contributed by atoms with E-state index < -0.39 is 0 Å². The number of piperazine rings is 1. The summed E-state index contributed by atoms with van der Waals surface area (Å²) in [4.78, 5) is 32.1. The third-order valence-corrected chi connectivity index (χ3v) is 6.06. The zero-order valence-corrected chi connectivity index (χ0v) is 17.1. The molecule has 1 saturated heterocycles. The van der Waals surface area contributed by atoms with Crippen molar-refractivity contribution in [3.8, 4) is 0 Å². The summed E-state index contributed by atoms with van der Waals surface area (Å²) >= 11 is 1.39. The van der Waals surface area contributed by atoms with Gasteiger partial charge in [-0.2, -0.15) is 0 Å². The van der Waals surface area contributed by atoms with Gasteiger partial charge in [-0.1, -0.05) is 6.07 Å². The number of esters is 1. The minimum absolute atomic E-state index is 0.286. The average molecular weight is 398 g/mol. The van der Waals surface area contributed by atoms with E-state index in [-0.39, 0.29) is 5.97 Å². The summed E-state index contributed by atoms with van der Waals surface area (Å²) in [5, 5.41) is 0.963. The van der Waals surface area contributed by atoms with Crippen molar-refractivity contribution in [3.63, 3.8) is 0 Å². The van der Waals surface area contributed by atoms with E-state index in [4.69, 9.17) is 9.72 Å². The molecule has 3 aromatic heterocycles. The van der Waals surface area contributed by atoms with Crippen molar-refractivity contribution in [2.45, 2.75) is 20.8 Å². The Hall–Kier alpha value is -2.74. The molecule has 8 heteroatoms. The molecule has 146 valence electrons. The first-order valence-corrected chi connectivity index (χ1v) is 10.3. The standard InChI is InChI=1S/C20H23N5O2S/c1-4-27-20(26)17-13(2)16-18(22-14(3)23-19(16)28-17)25-11-9-24(10-12-25)15-7-5-6-8-21-15/h5-8H,4,9-12H2,1-3H3. The third kappa shape index (κ3) is 3.40. The Morgan fingerprint density at radius 2 is 1.89 bits per heavy atom. The highest BCUT2D eigenvalue weighted by Crippen LogP contribution is 2.36. The van der Waals surface area contributed by atoms with Crippen molar-refractivity contribution in [3.05, 3.63) is 40.7 Å². The summed E-state index contributed by atoms with van der Waals surface area (Å²) in [6.45, 7) is 9.45. The van der Waals surface area contributed by atoms with Crippen molar-refractivity contribution in [2.24, 2.45) is 0 Å². The summed E-state index contributed by atoms with van der Waals surface area (Å²) < 4.78 is 5.21. The van der Waals surface area contributed by atoms with Crippen LogP contribution in [0.15, 0.2) is 24.4 Å². The Morgan fingerprint density at radius 3 is 2.57 bits per heavy atom. The molecule has 28 heavy (non-hydrogen) atoms. The number of thiophene rings is 1. The van der Waals surface area contributed by atoms with Crippen LogP contribution >= 0.6 is 11.3 Å². The normalized spacial score (nSPS) is 14.5. The van der Waals surface area contributed by atoms with Crippen LogP contribution in [0, 0.1) is 13.8 Å². The molecule has 0 spiro atoms. The van der Waals surface area contributed by atoms with Gasteiger partial charge >= 0.3 is 5.97 Å². The van der Waals surface area contributed by atoms with Gasteiger partial charge in [0.25, 0.3) is 0 Å². The summed E-state index contributed by atoms with van der Waals surface area (Å²) in [5.74, 6) is 2.34. The number of pyridine rings is 1. The van der Waals surface area contributed by atoms with Crippen molar-refractivity contribution >= 4 is 39.2 Å². The minimum atomic E-state index is -0.286. The van der Waals surface area contributed by atoms with Crippen LogP contribution in [-0.4, -0.2) is 53.7 Å². The smallest absolute Gasteiger partial charge is 0.348 e. The van der Waals surface area contributed by atoms with Gasteiger partial charge in [0, 0.05) is 32.4 Å². The Labute approximate surface area is 168 Å². The average Bonchev–Trinajstić information content (AvgIpc) is 3.05. The molecule has 1 aliphatic heterocycles. The predicted octanol–water partition coefficient (Wildman–Crippen LogP) is 3.21. The van der Waals surface area contributed by atoms with E-state index in [9.17, 15) is 4.79 Å². The second-order valence-corrected chi connectivity index (χ2v) is 7.71. The maximum Gasteiger partial charge on any atom is 0.348 e. The van der Waals surface area contributed by atoms with Gasteiger partial charge in [0.1, 0.15) is 27.2 Å². The fourth-order valence-electron chi connectivity index (χ4n) is 3.53. The fraction of sp³-hybridized carbons (Fsp3) is 0.400. The number of carbonyl (C=O) groups excluding carboxylic acids is 1. The van der Waals surface area contributed by atoms with Gasteiger partial charge in [-0.3, -0.25) is 0 Å². The topological polar surface area (TPSA) is 71.5 Å². The molecule has 0 saturated carbocycles. The highest BCUT2D eigenvalue weighted by Gasteiger charge is 2.26. The van der Waals surface area contributed by atoms with Gasteiger partial charge < -0.3 is 14.5 Å². The van der Waals surface area contributed by atoms with E-state index in [0.717, 1.165) is 53.6 Å². The number of carbonyl (C=O) groups is 1. The van der Waals surface area contributed by atoms with Crippen LogP contribution in [0.1, 0.15) is 28.0 Å². The molecule has 4 rings (SSSR count). The molecule has 4 heterocycles. The molecule has 1 aliphatic rings. The number of aryl methyl sites for hydroxylation is 2. The van der Waals surface area contributed by atoms with Crippen molar-refractivity contribution in [1.29, 1.82) is 0 Å². The second-order valence-electron chi connectivity index (χ2n) is 6.71. The monoisotopic (exact) mass is 397 g/mol. The van der Waals surface area contributed by atoms with Crippen LogP contribution in [0.4, 0.5) is 11.6 Å². The molecular formula is C20H23N5O2S. The van der Waals surface area contributed by atoms with E-state index in [1.807, 2.05) is 45.2 Å². The molecule has 1 fully saturated rings. The first-order valence-electron chi connectivity index (χ1n) is 9.44. The molecule has 0 N–H and O–H groups in total. The van der Waals surface area contributed by atoms with Gasteiger partial charge in [-0.25, -0.2) is 19.7 Å². The van der Waals surface area contributed by atoms with Gasteiger partial charge in [-0.15, -0.1) is 11.3 Å². The second kappa shape index (κ2) is 7.71. The molecule has 3 aromatic rings. The van der Waals surface area contributed by atoms with E-state index >= 15 is 0 Å². The summed E-state index contributed by atoms with van der Waals surface area (Å²) in [5.41, 5.74) is 0.903. The summed E-state index contributed by atoms with van der Waals surface area (Å²) in [7, 11) is 0. The SMILES string of the molecule is CCOC(=O)c1sc2nc(C)nc(N3CCN(c4ccccn4)CC3)c2c1C. The van der Waals surface area contributed by atoms with E-state index in [0.29, 0.717) is 17.3 Å². The van der Waals surface area contributed by atoms with Crippen molar-refractivity contribution < 1.29 is 9.53 Å². The van der Waals surface area contributed by atoms with Crippen LogP contribution in [0.2, 0.25) is 0 Å². The Kier molecular flexibility index (Phi) is 5.13. The highest BCUT2D eigenvalue weighted by molar-refractivity contribution is 7.20. The lowest BCUT2D eigenvalue weighted by Gasteiger charge is -2.36. The minimum Gasteiger partial charge on any atom is -0.462 e. The zero-order chi connectivity index (χ0) is 19.7. The number of nitrogens with zero attached hydrogens (tertiary/aromatic N) is 5. The zero-order valence-electron chi connectivity index (χ0n) is 16.3. The lowest BCUT2D eigenvalue weighted by atomic mass is 10.1. The number of hydrogen-bond acceptors (Lipinski definition) is 8. The maximum absolute atomic E-state index is 12.3. The van der Waals surface area contributed by atoms with Crippen LogP contribution in [0.3, 0.4) is 0 Å². The molecule has 0 radical (unpaired) electrons. The summed E-state index contributed by atoms with van der Waals surface area (Å²) in [6, 6.07) is 5.98. The molecular weight excluding hydrogens is 374 g/mol. The number of anilines is 2. The fourth-order valence-corrected chi connectivity index (χ4v) is 4.64. The molecule has 0 unspecified atom stereocenters. The molecule has 0 bridgehead atoms. The van der Waals surface area contributed by atoms with E-state index in [2.05, 4.69) is 19.8 Å². The quantitative estimate of drug-likeness (QED) is 0.626. The lowest BCUT2D eigenvalue weighted by Crippen LogP contribution is -2.47. The molecule has 0 aromatic carbocycles. The van der Waals surface area contributed by atoms with Crippen LogP contribution < -0.4 is 9.80 Å². The predicted molar refractivity (Wildman–Crippen MR) is 112 cm³/mol. The van der Waals surface area contributed by atoms with E-state index in [1.165, 1.54) is 11.3 Å². The number of ether oxygens (including phenoxy) is 1. The largest absolute Gasteiger partial charge is 0.462 e. The number of fused-ring (bicyclic) bond motifs is 1. The maximum atomic E-state index is 12.3. The first kappa shape index (κ1) is 18.6. The molecule has 0 amide bonds. The first-order chi connectivity index (χ1) is 13.6. The van der Waals surface area contributed by atoms with Gasteiger partial charge in [-0.05, 0) is 38.5 Å². The van der Waals surface area contributed by atoms with Crippen LogP contribution in [-0.2, 0) is 4.74 Å². The number of hydrogen-bond donors (Lipinski definition) is 0. The molecule has 7 nitrogen and oxygen atoms in total. The molecule has 0 aliphatic carbocycles. The van der Waals surface area contributed by atoms with Crippen molar-refractivity contribution in [2.75, 3.05) is 42.6 Å². The van der Waals surface area contributed by atoms with E-state index in [1.54, 1.807) is 0 Å². The highest BCUT2D eigenvalue weighted by atomic mass is 32.1. The lowest BCUT2D eigenvalue weighted by molar-refractivity contribution is 0.0531. The summed E-state index contributed by atoms with van der Waals surface area (Å²) in [6.07, 6.45) is 1.82.